The molecule has 0 aliphatic heterocycles. The van der Waals surface area contributed by atoms with Crippen LogP contribution in [-0.2, 0) is 4.74 Å². The van der Waals surface area contributed by atoms with Gasteiger partial charge < -0.3 is 15.8 Å². The van der Waals surface area contributed by atoms with E-state index < -0.39 is 5.60 Å². The summed E-state index contributed by atoms with van der Waals surface area (Å²) >= 11 is 4.98. The molecule has 5 heteroatoms. The summed E-state index contributed by atoms with van der Waals surface area (Å²) in [5, 5.41) is 2.89. The standard InChI is InChI=1S/C12H22N2O2S/c1-12(2,3)16-11(15)14-9-6-4-8(5-7-9)10(13)17/h8-9H,4-7H2,1-3H3,(H2,13,17)(H,14,15)/t8-,9-. The molecule has 0 saturated heterocycles. The molecule has 0 spiro atoms. The average Bonchev–Trinajstić information content (AvgIpc) is 2.15. The number of alkyl carbamates (subject to hydrolysis) is 1. The van der Waals surface area contributed by atoms with Crippen molar-refractivity contribution in [1.82, 2.24) is 5.32 Å². The molecule has 3 N–H and O–H groups in total. The van der Waals surface area contributed by atoms with Gasteiger partial charge in [0.05, 0.1) is 4.99 Å². The number of hydrogen-bond acceptors (Lipinski definition) is 3. The Kier molecular flexibility index (Phi) is 4.74. The van der Waals surface area contributed by atoms with Crippen molar-refractivity contribution < 1.29 is 9.53 Å². The van der Waals surface area contributed by atoms with Crippen molar-refractivity contribution in [2.45, 2.75) is 58.1 Å². The van der Waals surface area contributed by atoms with E-state index in [0.29, 0.717) is 10.9 Å². The Morgan fingerprint density at radius 2 is 1.82 bits per heavy atom. The highest BCUT2D eigenvalue weighted by atomic mass is 32.1. The molecule has 1 rings (SSSR count). The largest absolute Gasteiger partial charge is 0.444 e. The van der Waals surface area contributed by atoms with E-state index in [4.69, 9.17) is 22.7 Å². The lowest BCUT2D eigenvalue weighted by Gasteiger charge is -2.29. The molecule has 0 heterocycles. The first-order chi connectivity index (χ1) is 7.78. The first kappa shape index (κ1) is 14.2. The number of rotatable bonds is 2. The fraction of sp³-hybridized carbons (Fsp3) is 0.833. The van der Waals surface area contributed by atoms with E-state index >= 15 is 0 Å². The molecule has 17 heavy (non-hydrogen) atoms. The molecule has 1 aliphatic carbocycles. The fourth-order valence-electron chi connectivity index (χ4n) is 2.00. The maximum absolute atomic E-state index is 11.6. The van der Waals surface area contributed by atoms with Gasteiger partial charge in [0.1, 0.15) is 5.60 Å². The van der Waals surface area contributed by atoms with Crippen LogP contribution in [0.5, 0.6) is 0 Å². The van der Waals surface area contributed by atoms with Gasteiger partial charge in [-0.1, -0.05) is 12.2 Å². The van der Waals surface area contributed by atoms with Crippen molar-refractivity contribution in [3.05, 3.63) is 0 Å². The lowest BCUT2D eigenvalue weighted by Crippen LogP contribution is -2.42. The Morgan fingerprint density at radius 1 is 1.29 bits per heavy atom. The van der Waals surface area contributed by atoms with Crippen LogP contribution in [0.3, 0.4) is 0 Å². The number of nitrogens with one attached hydrogen (secondary N) is 1. The number of ether oxygens (including phenoxy) is 1. The second kappa shape index (κ2) is 5.67. The van der Waals surface area contributed by atoms with Gasteiger partial charge in [0, 0.05) is 12.0 Å². The van der Waals surface area contributed by atoms with Gasteiger partial charge in [-0.3, -0.25) is 0 Å². The first-order valence-electron chi connectivity index (χ1n) is 6.07. The second-order valence-corrected chi connectivity index (χ2v) is 6.07. The Bertz CT molecular complexity index is 291. The quantitative estimate of drug-likeness (QED) is 0.746. The summed E-state index contributed by atoms with van der Waals surface area (Å²) in [7, 11) is 0. The Hall–Kier alpha value is -0.840. The fourth-order valence-corrected chi connectivity index (χ4v) is 2.23. The van der Waals surface area contributed by atoms with Crippen LogP contribution in [0.4, 0.5) is 4.79 Å². The van der Waals surface area contributed by atoms with Crippen LogP contribution in [0.25, 0.3) is 0 Å². The van der Waals surface area contributed by atoms with E-state index in [2.05, 4.69) is 5.32 Å². The summed E-state index contributed by atoms with van der Waals surface area (Å²) in [6.45, 7) is 5.57. The molecule has 1 fully saturated rings. The molecule has 0 radical (unpaired) electrons. The van der Waals surface area contributed by atoms with Crippen molar-refractivity contribution in [2.75, 3.05) is 0 Å². The Morgan fingerprint density at radius 3 is 2.24 bits per heavy atom. The predicted molar refractivity (Wildman–Crippen MR) is 71.9 cm³/mol. The third-order valence-corrected chi connectivity index (χ3v) is 3.18. The van der Waals surface area contributed by atoms with Crippen molar-refractivity contribution in [1.29, 1.82) is 0 Å². The lowest BCUT2D eigenvalue weighted by molar-refractivity contribution is 0.0491. The summed E-state index contributed by atoms with van der Waals surface area (Å²) in [6.07, 6.45) is 3.41. The summed E-state index contributed by atoms with van der Waals surface area (Å²) in [6, 6.07) is 0.190. The summed E-state index contributed by atoms with van der Waals surface area (Å²) < 4.78 is 5.21. The van der Waals surface area contributed by atoms with Gasteiger partial charge >= 0.3 is 6.09 Å². The zero-order valence-corrected chi connectivity index (χ0v) is 11.6. The minimum atomic E-state index is -0.444. The van der Waals surface area contributed by atoms with Crippen LogP contribution in [0.15, 0.2) is 0 Å². The number of carbonyl (C=O) groups excluding carboxylic acids is 1. The van der Waals surface area contributed by atoms with Gasteiger partial charge in [0.2, 0.25) is 0 Å². The predicted octanol–water partition coefficient (Wildman–Crippen LogP) is 2.36. The molecular formula is C12H22N2O2S. The minimum Gasteiger partial charge on any atom is -0.444 e. The molecule has 98 valence electrons. The zero-order chi connectivity index (χ0) is 13.1. The van der Waals surface area contributed by atoms with Crippen LogP contribution in [-0.4, -0.2) is 22.7 Å². The van der Waals surface area contributed by atoms with E-state index in [1.807, 2.05) is 20.8 Å². The maximum atomic E-state index is 11.6. The molecule has 0 aromatic heterocycles. The van der Waals surface area contributed by atoms with Gasteiger partial charge in [0.25, 0.3) is 0 Å². The van der Waals surface area contributed by atoms with Crippen molar-refractivity contribution in [3.63, 3.8) is 0 Å². The third kappa shape index (κ3) is 5.35. The normalized spacial score (nSPS) is 25.1. The molecule has 4 nitrogen and oxygen atoms in total. The van der Waals surface area contributed by atoms with E-state index in [1.165, 1.54) is 0 Å². The smallest absolute Gasteiger partial charge is 0.407 e. The number of hydrogen-bond donors (Lipinski definition) is 2. The highest BCUT2D eigenvalue weighted by Crippen LogP contribution is 2.24. The highest BCUT2D eigenvalue weighted by Gasteiger charge is 2.25. The number of carbonyl (C=O) groups is 1. The topological polar surface area (TPSA) is 64.3 Å². The maximum Gasteiger partial charge on any atom is 0.407 e. The molecule has 0 aromatic carbocycles. The third-order valence-electron chi connectivity index (χ3n) is 2.85. The number of nitrogens with two attached hydrogens (primary N) is 1. The molecule has 0 bridgehead atoms. The summed E-state index contributed by atoms with van der Waals surface area (Å²) in [4.78, 5) is 12.2. The van der Waals surface area contributed by atoms with Gasteiger partial charge in [-0.2, -0.15) is 0 Å². The van der Waals surface area contributed by atoms with E-state index in [-0.39, 0.29) is 12.1 Å². The van der Waals surface area contributed by atoms with Crippen LogP contribution in [0, 0.1) is 5.92 Å². The zero-order valence-electron chi connectivity index (χ0n) is 10.8. The van der Waals surface area contributed by atoms with Gasteiger partial charge in [-0.15, -0.1) is 0 Å². The first-order valence-corrected chi connectivity index (χ1v) is 6.47. The molecule has 0 atom stereocenters. The number of thiocarbonyl (C=S) groups is 1. The lowest BCUT2D eigenvalue weighted by atomic mass is 9.86. The molecule has 0 aromatic rings. The highest BCUT2D eigenvalue weighted by molar-refractivity contribution is 7.80. The monoisotopic (exact) mass is 258 g/mol. The number of amides is 1. The van der Waals surface area contributed by atoms with E-state index in [1.54, 1.807) is 0 Å². The molecule has 1 amide bonds. The second-order valence-electron chi connectivity index (χ2n) is 5.60. The van der Waals surface area contributed by atoms with Gasteiger partial charge in [-0.05, 0) is 46.5 Å². The Labute approximate surface area is 108 Å². The van der Waals surface area contributed by atoms with Crippen LogP contribution < -0.4 is 11.1 Å². The van der Waals surface area contributed by atoms with E-state index in [9.17, 15) is 4.79 Å². The van der Waals surface area contributed by atoms with Crippen molar-refractivity contribution in [3.8, 4) is 0 Å². The van der Waals surface area contributed by atoms with Crippen molar-refractivity contribution >= 4 is 23.3 Å². The van der Waals surface area contributed by atoms with Crippen LogP contribution >= 0.6 is 12.2 Å². The molecule has 0 unspecified atom stereocenters. The molecule has 1 aliphatic rings. The molecular weight excluding hydrogens is 236 g/mol. The van der Waals surface area contributed by atoms with Gasteiger partial charge in [0.15, 0.2) is 0 Å². The van der Waals surface area contributed by atoms with Gasteiger partial charge in [-0.25, -0.2) is 4.79 Å². The average molecular weight is 258 g/mol. The van der Waals surface area contributed by atoms with Crippen LogP contribution in [0.1, 0.15) is 46.5 Å². The Balaban J connectivity index is 2.31. The summed E-state index contributed by atoms with van der Waals surface area (Å²) in [5.74, 6) is 0.335. The van der Waals surface area contributed by atoms with Crippen molar-refractivity contribution in [2.24, 2.45) is 11.7 Å². The van der Waals surface area contributed by atoms with E-state index in [0.717, 1.165) is 25.7 Å². The minimum absolute atomic E-state index is 0.190. The summed E-state index contributed by atoms with van der Waals surface area (Å²) in [5.41, 5.74) is 5.17. The molecule has 1 saturated carbocycles. The van der Waals surface area contributed by atoms with Crippen LogP contribution in [0.2, 0.25) is 0 Å². The SMILES string of the molecule is CC(C)(C)OC(=O)N[C@H]1CC[C@H](C(N)=S)CC1.